The van der Waals surface area contributed by atoms with E-state index < -0.39 is 14.6 Å². The van der Waals surface area contributed by atoms with Crippen molar-refractivity contribution in [2.45, 2.75) is 25.5 Å². The highest BCUT2D eigenvalue weighted by atomic mass is 32.2. The fourth-order valence-electron chi connectivity index (χ4n) is 1.32. The molecule has 0 spiro atoms. The standard InChI is InChI=1S/C14H20N2O3S/c1-14(2,3)20(18,19)10-9-16-13(17)7-6-12-5-4-8-15-11-12/h4-8,11H,9-10H2,1-3H3,(H,16,17)/b7-6-. The zero-order valence-corrected chi connectivity index (χ0v) is 12.8. The molecule has 0 saturated carbocycles. The zero-order chi connectivity index (χ0) is 15.2. The topological polar surface area (TPSA) is 76.1 Å². The van der Waals surface area contributed by atoms with E-state index in [0.717, 1.165) is 5.56 Å². The number of hydrogen-bond donors (Lipinski definition) is 1. The molecule has 1 rings (SSSR count). The number of sulfone groups is 1. The Morgan fingerprint density at radius 3 is 2.65 bits per heavy atom. The van der Waals surface area contributed by atoms with Crippen LogP contribution >= 0.6 is 0 Å². The highest BCUT2D eigenvalue weighted by molar-refractivity contribution is 7.92. The Morgan fingerprint density at radius 2 is 2.10 bits per heavy atom. The molecule has 0 fully saturated rings. The second-order valence-electron chi connectivity index (χ2n) is 5.34. The van der Waals surface area contributed by atoms with Gasteiger partial charge in [-0.05, 0) is 38.5 Å². The normalized spacial score (nSPS) is 12.6. The first kappa shape index (κ1) is 16.4. The number of nitrogens with one attached hydrogen (secondary N) is 1. The first-order chi connectivity index (χ1) is 9.22. The van der Waals surface area contributed by atoms with E-state index in [0.29, 0.717) is 0 Å². The molecule has 1 heterocycles. The number of carbonyl (C=O) groups excluding carboxylic acids is 1. The van der Waals surface area contributed by atoms with E-state index >= 15 is 0 Å². The van der Waals surface area contributed by atoms with E-state index in [1.807, 2.05) is 6.07 Å². The minimum atomic E-state index is -3.21. The van der Waals surface area contributed by atoms with Gasteiger partial charge in [0.1, 0.15) is 0 Å². The van der Waals surface area contributed by atoms with Crippen LogP contribution in [0, 0.1) is 0 Å². The van der Waals surface area contributed by atoms with Crippen molar-refractivity contribution in [3.05, 3.63) is 36.2 Å². The molecule has 0 unspecified atom stereocenters. The molecule has 0 bridgehead atoms. The fraction of sp³-hybridized carbons (Fsp3) is 0.429. The van der Waals surface area contributed by atoms with Gasteiger partial charge in [-0.3, -0.25) is 9.78 Å². The van der Waals surface area contributed by atoms with Crippen LogP contribution in [0.25, 0.3) is 6.08 Å². The van der Waals surface area contributed by atoms with Crippen molar-refractivity contribution >= 4 is 21.8 Å². The molecule has 0 aliphatic carbocycles. The maximum atomic E-state index is 11.8. The summed E-state index contributed by atoms with van der Waals surface area (Å²) in [6.07, 6.45) is 6.27. The minimum Gasteiger partial charge on any atom is -0.352 e. The van der Waals surface area contributed by atoms with E-state index in [1.165, 1.54) is 6.08 Å². The summed E-state index contributed by atoms with van der Waals surface area (Å²) in [6.45, 7) is 5.04. The minimum absolute atomic E-state index is 0.0665. The van der Waals surface area contributed by atoms with Crippen molar-refractivity contribution in [2.75, 3.05) is 12.3 Å². The molecule has 1 N–H and O–H groups in total. The highest BCUT2D eigenvalue weighted by Gasteiger charge is 2.28. The Morgan fingerprint density at radius 1 is 1.40 bits per heavy atom. The van der Waals surface area contributed by atoms with Gasteiger partial charge in [-0.25, -0.2) is 8.42 Å². The number of pyridine rings is 1. The van der Waals surface area contributed by atoms with Gasteiger partial charge in [0, 0.05) is 25.0 Å². The number of hydrogen-bond acceptors (Lipinski definition) is 4. The average molecular weight is 296 g/mol. The molecular formula is C14H20N2O3S. The van der Waals surface area contributed by atoms with Gasteiger partial charge < -0.3 is 5.32 Å². The number of carbonyl (C=O) groups is 1. The van der Waals surface area contributed by atoms with Crippen molar-refractivity contribution in [2.24, 2.45) is 0 Å². The molecule has 1 amide bonds. The summed E-state index contributed by atoms with van der Waals surface area (Å²) in [5.74, 6) is -0.388. The third-order valence-electron chi connectivity index (χ3n) is 2.71. The summed E-state index contributed by atoms with van der Waals surface area (Å²) in [5.41, 5.74) is 0.810. The van der Waals surface area contributed by atoms with Crippen LogP contribution in [-0.2, 0) is 14.6 Å². The predicted octanol–water partition coefficient (Wildman–Crippen LogP) is 1.42. The molecule has 5 nitrogen and oxygen atoms in total. The average Bonchev–Trinajstić information content (AvgIpc) is 2.36. The molecule has 1 aromatic heterocycles. The molecule has 0 aliphatic rings. The Bertz CT molecular complexity index is 572. The van der Waals surface area contributed by atoms with Crippen LogP contribution in [0.3, 0.4) is 0 Å². The van der Waals surface area contributed by atoms with Gasteiger partial charge in [-0.1, -0.05) is 6.07 Å². The van der Waals surface area contributed by atoms with Crippen LogP contribution in [0.4, 0.5) is 0 Å². The van der Waals surface area contributed by atoms with Gasteiger partial charge >= 0.3 is 0 Å². The number of rotatable bonds is 5. The van der Waals surface area contributed by atoms with Crippen LogP contribution in [-0.4, -0.2) is 36.4 Å². The summed E-state index contributed by atoms with van der Waals surface area (Å²) in [4.78, 5) is 15.5. The summed E-state index contributed by atoms with van der Waals surface area (Å²) in [7, 11) is -3.21. The SMILES string of the molecule is CC(C)(C)S(=O)(=O)CCNC(=O)/C=C\c1cccnc1. The number of amides is 1. The summed E-state index contributed by atoms with van der Waals surface area (Å²) < 4.78 is 22.9. The lowest BCUT2D eigenvalue weighted by atomic mass is 10.2. The van der Waals surface area contributed by atoms with Gasteiger partial charge in [0.25, 0.3) is 0 Å². The van der Waals surface area contributed by atoms with Gasteiger partial charge in [-0.2, -0.15) is 0 Å². The smallest absolute Gasteiger partial charge is 0.244 e. The Hall–Kier alpha value is -1.69. The molecular weight excluding hydrogens is 276 g/mol. The molecule has 0 atom stereocenters. The highest BCUT2D eigenvalue weighted by Crippen LogP contribution is 2.15. The maximum Gasteiger partial charge on any atom is 0.244 e. The number of nitrogens with zero attached hydrogens (tertiary/aromatic N) is 1. The van der Waals surface area contributed by atoms with Crippen molar-refractivity contribution in [3.8, 4) is 0 Å². The second-order valence-corrected chi connectivity index (χ2v) is 8.20. The van der Waals surface area contributed by atoms with Crippen molar-refractivity contribution in [1.82, 2.24) is 10.3 Å². The molecule has 110 valence electrons. The Balaban J connectivity index is 2.44. The maximum absolute atomic E-state index is 11.8. The van der Waals surface area contributed by atoms with Crippen molar-refractivity contribution < 1.29 is 13.2 Å². The van der Waals surface area contributed by atoms with E-state index in [1.54, 1.807) is 45.3 Å². The molecule has 1 aromatic rings. The van der Waals surface area contributed by atoms with E-state index in [-0.39, 0.29) is 18.2 Å². The molecule has 6 heteroatoms. The summed E-state index contributed by atoms with van der Waals surface area (Å²) in [5, 5.41) is 2.56. The lowest BCUT2D eigenvalue weighted by Gasteiger charge is -2.18. The Kier molecular flexibility index (Phi) is 5.44. The van der Waals surface area contributed by atoms with E-state index in [2.05, 4.69) is 10.3 Å². The molecule has 0 saturated heterocycles. The lowest BCUT2D eigenvalue weighted by Crippen LogP contribution is -2.36. The van der Waals surface area contributed by atoms with Gasteiger partial charge in [0.2, 0.25) is 5.91 Å². The lowest BCUT2D eigenvalue weighted by molar-refractivity contribution is -0.116. The number of aromatic nitrogens is 1. The van der Waals surface area contributed by atoms with Gasteiger partial charge in [0.15, 0.2) is 9.84 Å². The summed E-state index contributed by atoms with van der Waals surface area (Å²) >= 11 is 0. The third-order valence-corrected chi connectivity index (χ3v) is 5.32. The first-order valence-electron chi connectivity index (χ1n) is 6.30. The van der Waals surface area contributed by atoms with Gasteiger partial charge in [-0.15, -0.1) is 0 Å². The predicted molar refractivity (Wildman–Crippen MR) is 79.8 cm³/mol. The van der Waals surface area contributed by atoms with Crippen LogP contribution in [0.1, 0.15) is 26.3 Å². The molecule has 0 radical (unpaired) electrons. The first-order valence-corrected chi connectivity index (χ1v) is 7.96. The quantitative estimate of drug-likeness (QED) is 0.834. The van der Waals surface area contributed by atoms with Crippen LogP contribution in [0.5, 0.6) is 0 Å². The molecule has 20 heavy (non-hydrogen) atoms. The zero-order valence-electron chi connectivity index (χ0n) is 12.0. The molecule has 0 aromatic carbocycles. The van der Waals surface area contributed by atoms with Crippen LogP contribution < -0.4 is 5.32 Å². The largest absolute Gasteiger partial charge is 0.352 e. The third kappa shape index (κ3) is 5.13. The molecule has 0 aliphatic heterocycles. The Labute approximate surface area is 120 Å². The fourth-order valence-corrected chi connectivity index (χ4v) is 2.30. The van der Waals surface area contributed by atoms with Crippen LogP contribution in [0.2, 0.25) is 0 Å². The summed E-state index contributed by atoms with van der Waals surface area (Å²) in [6, 6.07) is 3.59. The monoisotopic (exact) mass is 296 g/mol. The van der Waals surface area contributed by atoms with Crippen molar-refractivity contribution in [3.63, 3.8) is 0 Å². The van der Waals surface area contributed by atoms with E-state index in [9.17, 15) is 13.2 Å². The van der Waals surface area contributed by atoms with Gasteiger partial charge in [0.05, 0.1) is 10.5 Å². The van der Waals surface area contributed by atoms with Crippen LogP contribution in [0.15, 0.2) is 30.6 Å². The van der Waals surface area contributed by atoms with E-state index in [4.69, 9.17) is 0 Å². The van der Waals surface area contributed by atoms with Crippen molar-refractivity contribution in [1.29, 1.82) is 0 Å². The second kappa shape index (κ2) is 6.65.